The summed E-state index contributed by atoms with van der Waals surface area (Å²) < 4.78 is 0. The van der Waals surface area contributed by atoms with Crippen LogP contribution in [-0.4, -0.2) is 13.1 Å². The molecule has 1 aromatic carbocycles. The Balaban J connectivity index is 2.77. The Morgan fingerprint density at radius 3 is 2.07 bits per heavy atom. The molecule has 0 fully saturated rings. The van der Waals surface area contributed by atoms with Crippen molar-refractivity contribution in [1.29, 1.82) is 0 Å². The highest BCUT2D eigenvalue weighted by Crippen LogP contribution is 2.20. The number of anilines is 1. The first kappa shape index (κ1) is 12.1. The van der Waals surface area contributed by atoms with Gasteiger partial charge in [-0.1, -0.05) is 32.9 Å². The standard InChI is InChI=1S/C14H23N/c1-5-11-15(6-2)14-9-7-13(8-10-14)12(3)4/h7-10,12H,5-6,11H2,1-4H3. The maximum Gasteiger partial charge on any atom is 0.0366 e. The second-order valence-electron chi connectivity index (χ2n) is 4.33. The first-order chi connectivity index (χ1) is 7.19. The number of rotatable bonds is 5. The quantitative estimate of drug-likeness (QED) is 0.701. The van der Waals surface area contributed by atoms with Crippen LogP contribution in [0.1, 0.15) is 45.6 Å². The van der Waals surface area contributed by atoms with Crippen molar-refractivity contribution in [1.82, 2.24) is 0 Å². The Labute approximate surface area is 94.1 Å². The zero-order valence-corrected chi connectivity index (χ0v) is 10.5. The number of hydrogen-bond acceptors (Lipinski definition) is 1. The fraction of sp³-hybridized carbons (Fsp3) is 0.571. The van der Waals surface area contributed by atoms with Gasteiger partial charge >= 0.3 is 0 Å². The fourth-order valence-corrected chi connectivity index (χ4v) is 1.81. The third kappa shape index (κ3) is 3.26. The van der Waals surface area contributed by atoms with Gasteiger partial charge in [0.2, 0.25) is 0 Å². The average molecular weight is 205 g/mol. The van der Waals surface area contributed by atoms with Crippen molar-refractivity contribution in [2.75, 3.05) is 18.0 Å². The maximum absolute atomic E-state index is 2.42. The topological polar surface area (TPSA) is 3.24 Å². The predicted molar refractivity (Wildman–Crippen MR) is 68.7 cm³/mol. The van der Waals surface area contributed by atoms with Crippen LogP contribution >= 0.6 is 0 Å². The van der Waals surface area contributed by atoms with Gasteiger partial charge in [-0.2, -0.15) is 0 Å². The van der Waals surface area contributed by atoms with Crippen LogP contribution in [0.5, 0.6) is 0 Å². The Kier molecular flexibility index (Phi) is 4.67. The molecule has 0 aliphatic rings. The van der Waals surface area contributed by atoms with E-state index in [1.807, 2.05) is 0 Å². The summed E-state index contributed by atoms with van der Waals surface area (Å²) in [5.74, 6) is 0.625. The Hall–Kier alpha value is -0.980. The summed E-state index contributed by atoms with van der Waals surface area (Å²) in [6.07, 6.45) is 1.21. The van der Waals surface area contributed by atoms with Crippen molar-refractivity contribution in [3.8, 4) is 0 Å². The lowest BCUT2D eigenvalue weighted by Gasteiger charge is -2.22. The minimum atomic E-state index is 0.625. The van der Waals surface area contributed by atoms with E-state index < -0.39 is 0 Å². The van der Waals surface area contributed by atoms with Crippen molar-refractivity contribution in [2.45, 2.75) is 40.0 Å². The molecule has 0 N–H and O–H groups in total. The Morgan fingerprint density at radius 2 is 1.67 bits per heavy atom. The summed E-state index contributed by atoms with van der Waals surface area (Å²) in [7, 11) is 0. The highest BCUT2D eigenvalue weighted by Gasteiger charge is 2.03. The molecule has 15 heavy (non-hydrogen) atoms. The molecule has 0 aromatic heterocycles. The monoisotopic (exact) mass is 205 g/mol. The number of hydrogen-bond donors (Lipinski definition) is 0. The molecular weight excluding hydrogens is 182 g/mol. The van der Waals surface area contributed by atoms with Gasteiger partial charge in [-0.15, -0.1) is 0 Å². The summed E-state index contributed by atoms with van der Waals surface area (Å²) in [6.45, 7) is 11.2. The van der Waals surface area contributed by atoms with Crippen LogP contribution < -0.4 is 4.90 Å². The van der Waals surface area contributed by atoms with Gasteiger partial charge in [-0.3, -0.25) is 0 Å². The Bertz CT molecular complexity index is 274. The molecule has 1 aromatic rings. The van der Waals surface area contributed by atoms with Gasteiger partial charge < -0.3 is 4.90 Å². The summed E-state index contributed by atoms with van der Waals surface area (Å²) in [5, 5.41) is 0. The highest BCUT2D eigenvalue weighted by atomic mass is 15.1. The molecule has 84 valence electrons. The van der Waals surface area contributed by atoms with E-state index >= 15 is 0 Å². The van der Waals surface area contributed by atoms with Crippen molar-refractivity contribution in [3.63, 3.8) is 0 Å². The SMILES string of the molecule is CCCN(CC)c1ccc(C(C)C)cc1. The van der Waals surface area contributed by atoms with Gasteiger partial charge in [0.15, 0.2) is 0 Å². The molecule has 0 saturated heterocycles. The van der Waals surface area contributed by atoms with E-state index in [0.717, 1.165) is 13.1 Å². The molecule has 0 atom stereocenters. The lowest BCUT2D eigenvalue weighted by molar-refractivity contribution is 0.790. The number of nitrogens with zero attached hydrogens (tertiary/aromatic N) is 1. The van der Waals surface area contributed by atoms with Crippen LogP contribution in [0.4, 0.5) is 5.69 Å². The van der Waals surface area contributed by atoms with Crippen LogP contribution in [0, 0.1) is 0 Å². The molecule has 1 heteroatoms. The second kappa shape index (κ2) is 5.79. The van der Waals surface area contributed by atoms with Crippen molar-refractivity contribution in [3.05, 3.63) is 29.8 Å². The molecular formula is C14H23N. The molecule has 0 aliphatic carbocycles. The molecule has 0 heterocycles. The smallest absolute Gasteiger partial charge is 0.0366 e. The van der Waals surface area contributed by atoms with E-state index in [9.17, 15) is 0 Å². The minimum Gasteiger partial charge on any atom is -0.372 e. The molecule has 0 bridgehead atoms. The largest absolute Gasteiger partial charge is 0.372 e. The normalized spacial score (nSPS) is 10.7. The zero-order valence-electron chi connectivity index (χ0n) is 10.5. The van der Waals surface area contributed by atoms with E-state index in [2.05, 4.69) is 56.9 Å². The van der Waals surface area contributed by atoms with E-state index in [1.165, 1.54) is 17.7 Å². The first-order valence-corrected chi connectivity index (χ1v) is 6.04. The van der Waals surface area contributed by atoms with E-state index in [1.54, 1.807) is 0 Å². The van der Waals surface area contributed by atoms with E-state index in [0.29, 0.717) is 5.92 Å². The van der Waals surface area contributed by atoms with Crippen LogP contribution in [0.3, 0.4) is 0 Å². The van der Waals surface area contributed by atoms with Crippen molar-refractivity contribution in [2.24, 2.45) is 0 Å². The van der Waals surface area contributed by atoms with Crippen LogP contribution in [0.2, 0.25) is 0 Å². The maximum atomic E-state index is 2.42. The molecule has 0 saturated carbocycles. The summed E-state index contributed by atoms with van der Waals surface area (Å²) >= 11 is 0. The summed E-state index contributed by atoms with van der Waals surface area (Å²) in [4.78, 5) is 2.42. The fourth-order valence-electron chi connectivity index (χ4n) is 1.81. The molecule has 0 unspecified atom stereocenters. The highest BCUT2D eigenvalue weighted by molar-refractivity contribution is 5.47. The first-order valence-electron chi connectivity index (χ1n) is 6.04. The molecule has 0 radical (unpaired) electrons. The van der Waals surface area contributed by atoms with Crippen LogP contribution in [0.15, 0.2) is 24.3 Å². The van der Waals surface area contributed by atoms with Gasteiger partial charge in [-0.25, -0.2) is 0 Å². The minimum absolute atomic E-state index is 0.625. The van der Waals surface area contributed by atoms with E-state index in [-0.39, 0.29) is 0 Å². The van der Waals surface area contributed by atoms with E-state index in [4.69, 9.17) is 0 Å². The van der Waals surface area contributed by atoms with Gasteiger partial charge in [0.1, 0.15) is 0 Å². The van der Waals surface area contributed by atoms with Crippen LogP contribution in [0.25, 0.3) is 0 Å². The second-order valence-corrected chi connectivity index (χ2v) is 4.33. The molecule has 0 aliphatic heterocycles. The van der Waals surface area contributed by atoms with Gasteiger partial charge in [0, 0.05) is 18.8 Å². The molecule has 1 rings (SSSR count). The lowest BCUT2D eigenvalue weighted by Crippen LogP contribution is -2.23. The molecule has 0 spiro atoms. The van der Waals surface area contributed by atoms with Crippen molar-refractivity contribution >= 4 is 5.69 Å². The van der Waals surface area contributed by atoms with Gasteiger partial charge in [-0.05, 0) is 37.0 Å². The zero-order chi connectivity index (χ0) is 11.3. The molecule has 0 amide bonds. The average Bonchev–Trinajstić information content (AvgIpc) is 2.26. The third-order valence-corrected chi connectivity index (χ3v) is 2.80. The van der Waals surface area contributed by atoms with Crippen LogP contribution in [-0.2, 0) is 0 Å². The number of benzene rings is 1. The molecule has 1 nitrogen and oxygen atoms in total. The summed E-state index contributed by atoms with van der Waals surface area (Å²) in [5.41, 5.74) is 2.77. The van der Waals surface area contributed by atoms with Crippen molar-refractivity contribution < 1.29 is 0 Å². The van der Waals surface area contributed by atoms with Gasteiger partial charge in [0.25, 0.3) is 0 Å². The van der Waals surface area contributed by atoms with Gasteiger partial charge in [0.05, 0.1) is 0 Å². The Morgan fingerprint density at radius 1 is 1.07 bits per heavy atom. The summed E-state index contributed by atoms with van der Waals surface area (Å²) in [6, 6.07) is 8.99. The third-order valence-electron chi connectivity index (χ3n) is 2.80. The predicted octanol–water partition coefficient (Wildman–Crippen LogP) is 4.05. The lowest BCUT2D eigenvalue weighted by atomic mass is 10.0.